The van der Waals surface area contributed by atoms with Crippen molar-refractivity contribution in [1.82, 2.24) is 0 Å². The fraction of sp³-hybridized carbons (Fsp3) is 0.462. The van der Waals surface area contributed by atoms with Crippen LogP contribution in [0, 0.1) is 23.0 Å². The zero-order valence-electron chi connectivity index (χ0n) is 10.1. The number of hydrogen-bond acceptors (Lipinski definition) is 1. The fourth-order valence-electron chi connectivity index (χ4n) is 1.59. The largest absolute Gasteiger partial charge is 0.481 e. The van der Waals surface area contributed by atoms with Gasteiger partial charge in [0.2, 0.25) is 0 Å². The monoisotopic (exact) mass is 242 g/mol. The Morgan fingerprint density at radius 2 is 2.00 bits per heavy atom. The Morgan fingerprint density at radius 1 is 1.41 bits per heavy atom. The minimum atomic E-state index is -1.06. The van der Waals surface area contributed by atoms with Gasteiger partial charge in [0.25, 0.3) is 0 Å². The maximum absolute atomic E-state index is 13.5. The number of hydrogen-bond donors (Lipinski definition) is 1. The second-order valence-electron chi connectivity index (χ2n) is 4.79. The van der Waals surface area contributed by atoms with E-state index in [0.717, 1.165) is 12.1 Å². The van der Waals surface area contributed by atoms with Crippen LogP contribution in [0.2, 0.25) is 0 Å². The number of carboxylic acids is 1. The number of benzene rings is 1. The zero-order chi connectivity index (χ0) is 13.2. The molecule has 1 aromatic rings. The maximum atomic E-state index is 13.5. The van der Waals surface area contributed by atoms with Gasteiger partial charge in [-0.1, -0.05) is 19.9 Å². The molecule has 0 radical (unpaired) electrons. The predicted molar refractivity (Wildman–Crippen MR) is 60.6 cm³/mol. The lowest BCUT2D eigenvalue weighted by Crippen LogP contribution is -2.35. The Balaban J connectivity index is 3.07. The first kappa shape index (κ1) is 13.6. The highest BCUT2D eigenvalue weighted by molar-refractivity contribution is 5.75. The van der Waals surface area contributed by atoms with E-state index < -0.39 is 23.0 Å². The number of carbonyl (C=O) groups is 1. The lowest BCUT2D eigenvalue weighted by atomic mass is 9.74. The molecular weight excluding hydrogens is 226 g/mol. The lowest BCUT2D eigenvalue weighted by Gasteiger charge is -2.29. The van der Waals surface area contributed by atoms with Crippen molar-refractivity contribution in [2.45, 2.75) is 27.2 Å². The SMILES string of the molecule is CC(C)C(C)(Cc1ccc(F)cc1F)C(=O)O. The number of carboxylic acid groups (broad SMARTS) is 1. The first-order valence-electron chi connectivity index (χ1n) is 5.44. The Bertz CT molecular complexity index is 429. The molecule has 0 aliphatic heterocycles. The third-order valence-electron chi connectivity index (χ3n) is 3.34. The van der Waals surface area contributed by atoms with Crippen molar-refractivity contribution in [2.75, 3.05) is 0 Å². The third-order valence-corrected chi connectivity index (χ3v) is 3.34. The highest BCUT2D eigenvalue weighted by Crippen LogP contribution is 2.32. The molecule has 1 aromatic carbocycles. The molecule has 1 unspecified atom stereocenters. The van der Waals surface area contributed by atoms with Crippen LogP contribution in [0.5, 0.6) is 0 Å². The molecule has 0 aliphatic carbocycles. The van der Waals surface area contributed by atoms with Crippen molar-refractivity contribution in [3.05, 3.63) is 35.4 Å². The van der Waals surface area contributed by atoms with Crippen molar-refractivity contribution >= 4 is 5.97 Å². The van der Waals surface area contributed by atoms with Crippen molar-refractivity contribution in [2.24, 2.45) is 11.3 Å². The predicted octanol–water partition coefficient (Wildman–Crippen LogP) is 3.25. The van der Waals surface area contributed by atoms with Crippen molar-refractivity contribution in [3.8, 4) is 0 Å². The molecule has 0 aliphatic rings. The molecular formula is C13H16F2O2. The molecule has 1 N–H and O–H groups in total. The van der Waals surface area contributed by atoms with Crippen LogP contribution in [0.15, 0.2) is 18.2 Å². The first-order valence-corrected chi connectivity index (χ1v) is 5.44. The highest BCUT2D eigenvalue weighted by atomic mass is 19.1. The van der Waals surface area contributed by atoms with Crippen LogP contribution in [-0.2, 0) is 11.2 Å². The molecule has 0 amide bonds. The Hall–Kier alpha value is -1.45. The van der Waals surface area contributed by atoms with Gasteiger partial charge in [0, 0.05) is 6.07 Å². The van der Waals surface area contributed by atoms with E-state index in [2.05, 4.69) is 0 Å². The number of halogens is 2. The standard InChI is InChI=1S/C13H16F2O2/c1-8(2)13(3,12(16)17)7-9-4-5-10(14)6-11(9)15/h4-6,8H,7H2,1-3H3,(H,16,17). The summed E-state index contributed by atoms with van der Waals surface area (Å²) in [6.45, 7) is 5.12. The van der Waals surface area contributed by atoms with Gasteiger partial charge >= 0.3 is 5.97 Å². The molecule has 1 atom stereocenters. The molecule has 94 valence electrons. The van der Waals surface area contributed by atoms with Gasteiger partial charge in [-0.15, -0.1) is 0 Å². The van der Waals surface area contributed by atoms with Crippen molar-refractivity contribution in [3.63, 3.8) is 0 Å². The molecule has 0 fully saturated rings. The normalized spacial score (nSPS) is 14.7. The van der Waals surface area contributed by atoms with Crippen molar-refractivity contribution < 1.29 is 18.7 Å². The van der Waals surface area contributed by atoms with E-state index in [1.165, 1.54) is 6.07 Å². The topological polar surface area (TPSA) is 37.3 Å². The van der Waals surface area contributed by atoms with E-state index in [-0.39, 0.29) is 17.9 Å². The molecule has 0 heterocycles. The van der Waals surface area contributed by atoms with Crippen LogP contribution in [0.25, 0.3) is 0 Å². The molecule has 1 rings (SSSR count). The van der Waals surface area contributed by atoms with E-state index in [9.17, 15) is 18.7 Å². The first-order chi connectivity index (χ1) is 7.77. The average molecular weight is 242 g/mol. The summed E-state index contributed by atoms with van der Waals surface area (Å²) in [6, 6.07) is 3.22. The fourth-order valence-corrected chi connectivity index (χ4v) is 1.59. The minimum Gasteiger partial charge on any atom is -0.481 e. The molecule has 17 heavy (non-hydrogen) atoms. The van der Waals surface area contributed by atoms with E-state index >= 15 is 0 Å². The van der Waals surface area contributed by atoms with Gasteiger partial charge in [-0.2, -0.15) is 0 Å². The van der Waals surface area contributed by atoms with Gasteiger partial charge in [-0.25, -0.2) is 8.78 Å². The van der Waals surface area contributed by atoms with Crippen LogP contribution >= 0.6 is 0 Å². The summed E-state index contributed by atoms with van der Waals surface area (Å²) >= 11 is 0. The smallest absolute Gasteiger partial charge is 0.309 e. The average Bonchev–Trinajstić information content (AvgIpc) is 2.21. The Labute approximate surface area is 99.3 Å². The lowest BCUT2D eigenvalue weighted by molar-refractivity contribution is -0.150. The number of rotatable bonds is 4. The Kier molecular flexibility index (Phi) is 3.86. The molecule has 2 nitrogen and oxygen atoms in total. The maximum Gasteiger partial charge on any atom is 0.309 e. The van der Waals surface area contributed by atoms with Gasteiger partial charge in [0.1, 0.15) is 11.6 Å². The summed E-state index contributed by atoms with van der Waals surface area (Å²) in [6.07, 6.45) is 0.0477. The summed E-state index contributed by atoms with van der Waals surface area (Å²) < 4.78 is 26.2. The van der Waals surface area contributed by atoms with Gasteiger partial charge in [0.15, 0.2) is 0 Å². The van der Waals surface area contributed by atoms with Gasteiger partial charge < -0.3 is 5.11 Å². The van der Waals surface area contributed by atoms with Crippen LogP contribution < -0.4 is 0 Å². The molecule has 0 saturated carbocycles. The summed E-state index contributed by atoms with van der Waals surface area (Å²) in [5.74, 6) is -2.48. The number of aliphatic carboxylic acids is 1. The summed E-state index contributed by atoms with van der Waals surface area (Å²) in [4.78, 5) is 11.2. The molecule has 4 heteroatoms. The van der Waals surface area contributed by atoms with E-state index in [1.807, 2.05) is 0 Å². The summed E-state index contributed by atoms with van der Waals surface area (Å²) in [5, 5.41) is 9.21. The molecule has 0 spiro atoms. The highest BCUT2D eigenvalue weighted by Gasteiger charge is 2.37. The summed E-state index contributed by atoms with van der Waals surface area (Å²) in [5.41, 5.74) is -0.830. The van der Waals surface area contributed by atoms with E-state index in [1.54, 1.807) is 20.8 Å². The van der Waals surface area contributed by atoms with Crippen LogP contribution in [0.3, 0.4) is 0 Å². The van der Waals surface area contributed by atoms with Crippen LogP contribution in [-0.4, -0.2) is 11.1 Å². The van der Waals surface area contributed by atoms with E-state index in [0.29, 0.717) is 0 Å². The Morgan fingerprint density at radius 3 is 2.41 bits per heavy atom. The summed E-state index contributed by atoms with van der Waals surface area (Å²) in [7, 11) is 0. The third kappa shape index (κ3) is 2.81. The second kappa shape index (κ2) is 4.82. The van der Waals surface area contributed by atoms with Gasteiger partial charge in [-0.3, -0.25) is 4.79 Å². The van der Waals surface area contributed by atoms with Crippen molar-refractivity contribution in [1.29, 1.82) is 0 Å². The van der Waals surface area contributed by atoms with Crippen LogP contribution in [0.1, 0.15) is 26.3 Å². The van der Waals surface area contributed by atoms with Crippen LogP contribution in [0.4, 0.5) is 8.78 Å². The van der Waals surface area contributed by atoms with E-state index in [4.69, 9.17) is 0 Å². The zero-order valence-corrected chi connectivity index (χ0v) is 10.1. The second-order valence-corrected chi connectivity index (χ2v) is 4.79. The molecule has 0 aromatic heterocycles. The minimum absolute atomic E-state index is 0.0477. The van der Waals surface area contributed by atoms with Gasteiger partial charge in [-0.05, 0) is 30.9 Å². The molecule has 0 saturated heterocycles. The quantitative estimate of drug-likeness (QED) is 0.879. The molecule has 0 bridgehead atoms. The van der Waals surface area contributed by atoms with Gasteiger partial charge in [0.05, 0.1) is 5.41 Å².